The van der Waals surface area contributed by atoms with Gasteiger partial charge in [-0.25, -0.2) is 9.67 Å². The summed E-state index contributed by atoms with van der Waals surface area (Å²) < 4.78 is 1.59. The number of carboxylic acid groups (broad SMARTS) is 1. The number of likely N-dealkylation sites (N-methyl/N-ethyl adjacent to an activating group) is 1. The zero-order valence-corrected chi connectivity index (χ0v) is 11.9. The minimum atomic E-state index is -1.03. The minimum absolute atomic E-state index is 0.289. The summed E-state index contributed by atoms with van der Waals surface area (Å²) in [6, 6.07) is 5.25. The zero-order chi connectivity index (χ0) is 15.4. The number of aromatic nitrogens is 3. The number of aliphatic carboxylic acids is 1. The standard InChI is InChI=1S/C14H16N4O3/c1-3-17(7-13(19)20)14(21)12-5-4-11(6-10(12)2)18-9-15-8-16-18/h4-6,8-9H,3,7H2,1-2H3,(H,19,20). The van der Waals surface area contributed by atoms with E-state index in [9.17, 15) is 9.59 Å². The van der Waals surface area contributed by atoms with Crippen LogP contribution in [0.3, 0.4) is 0 Å². The smallest absolute Gasteiger partial charge is 0.323 e. The van der Waals surface area contributed by atoms with E-state index in [-0.39, 0.29) is 12.5 Å². The van der Waals surface area contributed by atoms with Crippen molar-refractivity contribution in [2.45, 2.75) is 13.8 Å². The largest absolute Gasteiger partial charge is 0.480 e. The molecule has 110 valence electrons. The van der Waals surface area contributed by atoms with E-state index < -0.39 is 5.97 Å². The Balaban J connectivity index is 2.28. The highest BCUT2D eigenvalue weighted by Crippen LogP contribution is 2.16. The number of carboxylic acids is 1. The van der Waals surface area contributed by atoms with E-state index >= 15 is 0 Å². The molecule has 0 radical (unpaired) electrons. The van der Waals surface area contributed by atoms with Crippen LogP contribution in [0.25, 0.3) is 5.69 Å². The van der Waals surface area contributed by atoms with Gasteiger partial charge in [0.05, 0.1) is 5.69 Å². The van der Waals surface area contributed by atoms with Crippen molar-refractivity contribution in [1.29, 1.82) is 0 Å². The van der Waals surface area contributed by atoms with Crippen molar-refractivity contribution in [3.63, 3.8) is 0 Å². The summed E-state index contributed by atoms with van der Waals surface area (Å²) in [5.41, 5.74) is 2.04. The van der Waals surface area contributed by atoms with Gasteiger partial charge in [-0.1, -0.05) is 0 Å². The van der Waals surface area contributed by atoms with Gasteiger partial charge in [0.25, 0.3) is 5.91 Å². The second-order valence-electron chi connectivity index (χ2n) is 4.55. The van der Waals surface area contributed by atoms with E-state index in [1.807, 2.05) is 13.0 Å². The molecule has 0 aliphatic heterocycles. The number of rotatable bonds is 5. The molecule has 1 aromatic heterocycles. The average molecular weight is 288 g/mol. The maximum absolute atomic E-state index is 12.4. The van der Waals surface area contributed by atoms with E-state index in [1.165, 1.54) is 11.2 Å². The van der Waals surface area contributed by atoms with Gasteiger partial charge in [-0.15, -0.1) is 0 Å². The highest BCUT2D eigenvalue weighted by atomic mass is 16.4. The maximum atomic E-state index is 12.4. The number of hydrogen-bond donors (Lipinski definition) is 1. The molecule has 7 heteroatoms. The molecule has 0 aliphatic carbocycles. The minimum Gasteiger partial charge on any atom is -0.480 e. The van der Waals surface area contributed by atoms with Crippen LogP contribution in [0.15, 0.2) is 30.9 Å². The topological polar surface area (TPSA) is 88.3 Å². The SMILES string of the molecule is CCN(CC(=O)O)C(=O)c1ccc(-n2cncn2)cc1C. The fourth-order valence-electron chi connectivity index (χ4n) is 2.03. The van der Waals surface area contributed by atoms with Crippen molar-refractivity contribution in [3.8, 4) is 5.69 Å². The Kier molecular flexibility index (Phi) is 4.32. The van der Waals surface area contributed by atoms with Crippen LogP contribution in [0, 0.1) is 6.92 Å². The van der Waals surface area contributed by atoms with Crippen LogP contribution in [0.2, 0.25) is 0 Å². The molecule has 0 bridgehead atoms. The number of carbonyl (C=O) groups excluding carboxylic acids is 1. The van der Waals surface area contributed by atoms with Crippen molar-refractivity contribution in [2.75, 3.05) is 13.1 Å². The summed E-state index contributed by atoms with van der Waals surface area (Å²) in [6.45, 7) is 3.59. The van der Waals surface area contributed by atoms with Crippen molar-refractivity contribution in [2.24, 2.45) is 0 Å². The Morgan fingerprint density at radius 3 is 2.67 bits per heavy atom. The van der Waals surface area contributed by atoms with Gasteiger partial charge in [-0.05, 0) is 37.6 Å². The summed E-state index contributed by atoms with van der Waals surface area (Å²) in [5.74, 6) is -1.32. The van der Waals surface area contributed by atoms with Gasteiger partial charge in [-0.3, -0.25) is 9.59 Å². The first-order valence-electron chi connectivity index (χ1n) is 6.49. The number of benzene rings is 1. The molecule has 2 rings (SSSR count). The Bertz CT molecular complexity index is 652. The molecule has 0 atom stereocenters. The molecule has 7 nitrogen and oxygen atoms in total. The number of hydrogen-bond acceptors (Lipinski definition) is 4. The normalized spacial score (nSPS) is 10.4. The third-order valence-corrected chi connectivity index (χ3v) is 3.12. The average Bonchev–Trinajstić information content (AvgIpc) is 2.98. The lowest BCUT2D eigenvalue weighted by molar-refractivity contribution is -0.137. The van der Waals surface area contributed by atoms with Crippen molar-refractivity contribution in [1.82, 2.24) is 19.7 Å². The second-order valence-corrected chi connectivity index (χ2v) is 4.55. The quantitative estimate of drug-likeness (QED) is 0.890. The molecule has 0 aliphatic rings. The fraction of sp³-hybridized carbons (Fsp3) is 0.286. The molecule has 21 heavy (non-hydrogen) atoms. The van der Waals surface area contributed by atoms with Crippen LogP contribution in [0.5, 0.6) is 0 Å². The Labute approximate surface area is 121 Å². The van der Waals surface area contributed by atoms with Crippen molar-refractivity contribution in [3.05, 3.63) is 42.0 Å². The lowest BCUT2D eigenvalue weighted by Gasteiger charge is -2.19. The first-order chi connectivity index (χ1) is 10.0. The van der Waals surface area contributed by atoms with E-state index in [4.69, 9.17) is 5.11 Å². The van der Waals surface area contributed by atoms with Gasteiger partial charge < -0.3 is 10.0 Å². The van der Waals surface area contributed by atoms with E-state index in [0.717, 1.165) is 11.3 Å². The molecule has 0 unspecified atom stereocenters. The molecule has 0 saturated carbocycles. The Hall–Kier alpha value is -2.70. The van der Waals surface area contributed by atoms with Crippen LogP contribution < -0.4 is 0 Å². The summed E-state index contributed by atoms with van der Waals surface area (Å²) >= 11 is 0. The van der Waals surface area contributed by atoms with Crippen LogP contribution in [-0.4, -0.2) is 49.7 Å². The molecule has 0 fully saturated rings. The van der Waals surface area contributed by atoms with Crippen molar-refractivity contribution < 1.29 is 14.7 Å². The highest BCUT2D eigenvalue weighted by Gasteiger charge is 2.18. The van der Waals surface area contributed by atoms with Gasteiger partial charge in [-0.2, -0.15) is 5.10 Å². The molecule has 1 N–H and O–H groups in total. The summed E-state index contributed by atoms with van der Waals surface area (Å²) in [7, 11) is 0. The maximum Gasteiger partial charge on any atom is 0.323 e. The van der Waals surface area contributed by atoms with Crippen LogP contribution in [0.1, 0.15) is 22.8 Å². The van der Waals surface area contributed by atoms with Crippen LogP contribution in [-0.2, 0) is 4.79 Å². The highest BCUT2D eigenvalue weighted by molar-refractivity contribution is 5.97. The molecule has 1 amide bonds. The van der Waals surface area contributed by atoms with E-state index in [2.05, 4.69) is 10.1 Å². The zero-order valence-electron chi connectivity index (χ0n) is 11.9. The first kappa shape index (κ1) is 14.7. The van der Waals surface area contributed by atoms with Gasteiger partial charge in [0.15, 0.2) is 0 Å². The predicted molar refractivity (Wildman–Crippen MR) is 75.3 cm³/mol. The Morgan fingerprint density at radius 2 is 2.14 bits per heavy atom. The summed E-state index contributed by atoms with van der Waals surface area (Å²) in [6.07, 6.45) is 3.00. The van der Waals surface area contributed by atoms with Gasteiger partial charge in [0.1, 0.15) is 19.2 Å². The van der Waals surface area contributed by atoms with E-state index in [0.29, 0.717) is 12.1 Å². The van der Waals surface area contributed by atoms with Crippen molar-refractivity contribution >= 4 is 11.9 Å². The molecule has 1 heterocycles. The summed E-state index contributed by atoms with van der Waals surface area (Å²) in [4.78, 5) is 28.3. The first-order valence-corrected chi connectivity index (χ1v) is 6.49. The number of nitrogens with zero attached hydrogens (tertiary/aromatic N) is 4. The lowest BCUT2D eigenvalue weighted by Crippen LogP contribution is -2.35. The van der Waals surface area contributed by atoms with Gasteiger partial charge in [0.2, 0.25) is 0 Å². The van der Waals surface area contributed by atoms with Crippen LogP contribution >= 0.6 is 0 Å². The van der Waals surface area contributed by atoms with Gasteiger partial charge in [0, 0.05) is 12.1 Å². The lowest BCUT2D eigenvalue weighted by atomic mass is 10.1. The molecular weight excluding hydrogens is 272 g/mol. The summed E-state index contributed by atoms with van der Waals surface area (Å²) in [5, 5.41) is 12.9. The molecular formula is C14H16N4O3. The Morgan fingerprint density at radius 1 is 1.38 bits per heavy atom. The monoisotopic (exact) mass is 288 g/mol. The van der Waals surface area contributed by atoms with Crippen LogP contribution in [0.4, 0.5) is 0 Å². The van der Waals surface area contributed by atoms with E-state index in [1.54, 1.807) is 30.1 Å². The molecule has 1 aromatic carbocycles. The second kappa shape index (κ2) is 6.17. The predicted octanol–water partition coefficient (Wildman–Crippen LogP) is 1.12. The van der Waals surface area contributed by atoms with Gasteiger partial charge >= 0.3 is 5.97 Å². The molecule has 2 aromatic rings. The number of amides is 1. The third kappa shape index (κ3) is 3.25. The number of carbonyl (C=O) groups is 2. The fourth-order valence-corrected chi connectivity index (χ4v) is 2.03. The molecule has 0 spiro atoms. The molecule has 0 saturated heterocycles. The third-order valence-electron chi connectivity index (χ3n) is 3.12. The number of aryl methyl sites for hydroxylation is 1.